The molecule has 6 nitrogen and oxygen atoms in total. The highest BCUT2D eigenvalue weighted by Crippen LogP contribution is 2.22. The molecule has 0 aliphatic carbocycles. The number of carbonyl (C=O) groups excluding carboxylic acids is 1. The third kappa shape index (κ3) is 3.42. The van der Waals surface area contributed by atoms with Crippen LogP contribution in [0.1, 0.15) is 23.2 Å². The van der Waals surface area contributed by atoms with E-state index in [1.165, 1.54) is 18.2 Å². The summed E-state index contributed by atoms with van der Waals surface area (Å²) in [6.45, 7) is 1.70. The first-order chi connectivity index (χ1) is 9.08. The van der Waals surface area contributed by atoms with E-state index < -0.39 is 4.92 Å². The average Bonchev–Trinajstić information content (AvgIpc) is 2.39. The number of amides is 1. The van der Waals surface area contributed by atoms with Crippen LogP contribution in [0.25, 0.3) is 0 Å². The minimum Gasteiger partial charge on any atom is -0.348 e. The Labute approximate surface area is 115 Å². The topological polar surface area (TPSA) is 84.3 Å². The summed E-state index contributed by atoms with van der Waals surface area (Å²) < 4.78 is 0. The number of non-ortho nitro benzene ring substituents is 1. The van der Waals surface area contributed by atoms with Crippen LogP contribution in [-0.4, -0.2) is 30.0 Å². The van der Waals surface area contributed by atoms with Crippen LogP contribution in [-0.2, 0) is 0 Å². The van der Waals surface area contributed by atoms with Crippen molar-refractivity contribution in [2.75, 3.05) is 13.1 Å². The molecule has 1 aromatic carbocycles. The second-order valence-electron chi connectivity index (χ2n) is 4.44. The number of nitrogens with zero attached hydrogens (tertiary/aromatic N) is 1. The van der Waals surface area contributed by atoms with E-state index in [1.54, 1.807) is 0 Å². The molecule has 0 unspecified atom stereocenters. The van der Waals surface area contributed by atoms with Crippen molar-refractivity contribution in [3.63, 3.8) is 0 Å². The summed E-state index contributed by atoms with van der Waals surface area (Å²) in [5.41, 5.74) is 0.138. The third-order valence-corrected chi connectivity index (χ3v) is 3.35. The van der Waals surface area contributed by atoms with Gasteiger partial charge in [0.25, 0.3) is 11.6 Å². The molecule has 1 aliphatic rings. The molecule has 0 aromatic heterocycles. The molecule has 1 aliphatic heterocycles. The highest BCUT2D eigenvalue weighted by molar-refractivity contribution is 6.34. The lowest BCUT2D eigenvalue weighted by atomic mass is 10.1. The predicted molar refractivity (Wildman–Crippen MR) is 71.5 cm³/mol. The smallest absolute Gasteiger partial charge is 0.270 e. The van der Waals surface area contributed by atoms with Gasteiger partial charge < -0.3 is 10.6 Å². The summed E-state index contributed by atoms with van der Waals surface area (Å²) in [6, 6.07) is 3.93. The number of benzene rings is 1. The standard InChI is InChI=1S/C12H14ClN3O3/c13-11-6-9(16(18)19)3-4-10(11)12(17)15-8-2-1-5-14-7-8/h3-4,6,8,14H,1-2,5,7H2,(H,15,17)/t8-/m0/s1. The highest BCUT2D eigenvalue weighted by atomic mass is 35.5. The monoisotopic (exact) mass is 283 g/mol. The summed E-state index contributed by atoms with van der Waals surface area (Å²) >= 11 is 5.91. The number of halogens is 1. The number of hydrogen-bond acceptors (Lipinski definition) is 4. The van der Waals surface area contributed by atoms with Crippen molar-refractivity contribution in [2.24, 2.45) is 0 Å². The van der Waals surface area contributed by atoms with Crippen molar-refractivity contribution in [1.29, 1.82) is 0 Å². The number of nitro benzene ring substituents is 1. The minimum absolute atomic E-state index is 0.0764. The Bertz CT molecular complexity index is 501. The number of hydrogen-bond donors (Lipinski definition) is 2. The number of nitro groups is 1. The quantitative estimate of drug-likeness (QED) is 0.653. The summed E-state index contributed by atoms with van der Waals surface area (Å²) in [5.74, 6) is -0.298. The molecule has 1 heterocycles. The van der Waals surface area contributed by atoms with Crippen LogP contribution in [0.3, 0.4) is 0 Å². The van der Waals surface area contributed by atoms with Crippen LogP contribution in [0, 0.1) is 10.1 Å². The second-order valence-corrected chi connectivity index (χ2v) is 4.85. The SMILES string of the molecule is O=C(N[C@H]1CCCNC1)c1ccc([N+](=O)[O-])cc1Cl. The normalized spacial score (nSPS) is 18.9. The molecule has 1 aromatic rings. The van der Waals surface area contributed by atoms with Gasteiger partial charge >= 0.3 is 0 Å². The summed E-state index contributed by atoms with van der Waals surface area (Å²) in [7, 11) is 0. The van der Waals surface area contributed by atoms with Crippen LogP contribution in [0.4, 0.5) is 5.69 Å². The van der Waals surface area contributed by atoms with Crippen molar-refractivity contribution >= 4 is 23.2 Å². The van der Waals surface area contributed by atoms with E-state index in [0.29, 0.717) is 0 Å². The molecular weight excluding hydrogens is 270 g/mol. The lowest BCUT2D eigenvalue weighted by molar-refractivity contribution is -0.384. The van der Waals surface area contributed by atoms with E-state index in [1.807, 2.05) is 0 Å². The van der Waals surface area contributed by atoms with Crippen LogP contribution in [0.2, 0.25) is 5.02 Å². The Morgan fingerprint density at radius 1 is 1.53 bits per heavy atom. The molecule has 1 fully saturated rings. The van der Waals surface area contributed by atoms with Gasteiger partial charge in [-0.25, -0.2) is 0 Å². The van der Waals surface area contributed by atoms with Gasteiger partial charge in [-0.15, -0.1) is 0 Å². The van der Waals surface area contributed by atoms with Gasteiger partial charge in [0, 0.05) is 24.7 Å². The molecular formula is C12H14ClN3O3. The second kappa shape index (κ2) is 5.99. The fourth-order valence-corrected chi connectivity index (χ4v) is 2.30. The maximum Gasteiger partial charge on any atom is 0.270 e. The predicted octanol–water partition coefficient (Wildman–Crippen LogP) is 1.73. The van der Waals surface area contributed by atoms with Crippen molar-refractivity contribution in [3.8, 4) is 0 Å². The van der Waals surface area contributed by atoms with Gasteiger partial charge in [-0.3, -0.25) is 14.9 Å². The highest BCUT2D eigenvalue weighted by Gasteiger charge is 2.19. The zero-order chi connectivity index (χ0) is 13.8. The van der Waals surface area contributed by atoms with Crippen LogP contribution in [0.5, 0.6) is 0 Å². The Morgan fingerprint density at radius 3 is 2.89 bits per heavy atom. The molecule has 0 bridgehead atoms. The fraction of sp³-hybridized carbons (Fsp3) is 0.417. The zero-order valence-corrected chi connectivity index (χ0v) is 10.9. The van der Waals surface area contributed by atoms with Gasteiger partial charge in [-0.2, -0.15) is 0 Å². The molecule has 1 saturated heterocycles. The Hall–Kier alpha value is -1.66. The van der Waals surface area contributed by atoms with E-state index in [2.05, 4.69) is 10.6 Å². The zero-order valence-electron chi connectivity index (χ0n) is 10.2. The Kier molecular flexibility index (Phi) is 4.34. The minimum atomic E-state index is -0.543. The first-order valence-electron chi connectivity index (χ1n) is 6.03. The summed E-state index contributed by atoms with van der Waals surface area (Å²) in [6.07, 6.45) is 1.93. The molecule has 2 N–H and O–H groups in total. The number of rotatable bonds is 3. The summed E-state index contributed by atoms with van der Waals surface area (Å²) in [5, 5.41) is 16.7. The number of piperidine rings is 1. The van der Waals surface area contributed by atoms with E-state index >= 15 is 0 Å². The first-order valence-corrected chi connectivity index (χ1v) is 6.41. The summed E-state index contributed by atoms with van der Waals surface area (Å²) in [4.78, 5) is 22.1. The average molecular weight is 284 g/mol. The van der Waals surface area contributed by atoms with Crippen molar-refractivity contribution in [2.45, 2.75) is 18.9 Å². The van der Waals surface area contributed by atoms with E-state index in [0.717, 1.165) is 25.9 Å². The van der Waals surface area contributed by atoms with Crippen molar-refractivity contribution < 1.29 is 9.72 Å². The maximum absolute atomic E-state index is 12.0. The maximum atomic E-state index is 12.0. The van der Waals surface area contributed by atoms with Crippen LogP contribution in [0.15, 0.2) is 18.2 Å². The molecule has 19 heavy (non-hydrogen) atoms. The van der Waals surface area contributed by atoms with E-state index in [4.69, 9.17) is 11.6 Å². The van der Waals surface area contributed by atoms with Crippen LogP contribution >= 0.6 is 11.6 Å². The van der Waals surface area contributed by atoms with Gasteiger partial charge in [-0.05, 0) is 25.5 Å². The van der Waals surface area contributed by atoms with E-state index in [-0.39, 0.29) is 28.2 Å². The van der Waals surface area contributed by atoms with Gasteiger partial charge in [0.15, 0.2) is 0 Å². The van der Waals surface area contributed by atoms with Gasteiger partial charge in [0.2, 0.25) is 0 Å². The van der Waals surface area contributed by atoms with Gasteiger partial charge in [0.1, 0.15) is 0 Å². The molecule has 7 heteroatoms. The lowest BCUT2D eigenvalue weighted by Crippen LogP contribution is -2.45. The van der Waals surface area contributed by atoms with Crippen molar-refractivity contribution in [1.82, 2.24) is 10.6 Å². The molecule has 1 amide bonds. The largest absolute Gasteiger partial charge is 0.348 e. The molecule has 0 saturated carbocycles. The Morgan fingerprint density at radius 2 is 2.32 bits per heavy atom. The van der Waals surface area contributed by atoms with E-state index in [9.17, 15) is 14.9 Å². The first kappa shape index (κ1) is 13.8. The number of nitrogens with one attached hydrogen (secondary N) is 2. The number of carbonyl (C=O) groups is 1. The molecule has 2 rings (SSSR count). The van der Waals surface area contributed by atoms with Crippen molar-refractivity contribution in [3.05, 3.63) is 38.9 Å². The van der Waals surface area contributed by atoms with Gasteiger partial charge in [-0.1, -0.05) is 11.6 Å². The molecule has 0 spiro atoms. The molecule has 0 radical (unpaired) electrons. The lowest BCUT2D eigenvalue weighted by Gasteiger charge is -2.23. The third-order valence-electron chi connectivity index (χ3n) is 3.04. The van der Waals surface area contributed by atoms with Gasteiger partial charge in [0.05, 0.1) is 15.5 Å². The molecule has 1 atom stereocenters. The van der Waals surface area contributed by atoms with Crippen LogP contribution < -0.4 is 10.6 Å². The molecule has 102 valence electrons. The fourth-order valence-electron chi connectivity index (χ4n) is 2.04. The Balaban J connectivity index is 2.08.